The van der Waals surface area contributed by atoms with Gasteiger partial charge in [-0.3, -0.25) is 4.79 Å². The average molecular weight is 411 g/mol. The Kier molecular flexibility index (Phi) is 5.98. The molecule has 146 valence electrons. The largest absolute Gasteiger partial charge is 0.338 e. The number of piperidine rings is 1. The van der Waals surface area contributed by atoms with Crippen molar-refractivity contribution < 1.29 is 17.6 Å². The van der Waals surface area contributed by atoms with Crippen molar-refractivity contribution in [3.8, 4) is 0 Å². The molecule has 0 bridgehead atoms. The van der Waals surface area contributed by atoms with Crippen molar-refractivity contribution >= 4 is 27.3 Å². The number of amides is 1. The molecule has 2 aromatic rings. The van der Waals surface area contributed by atoms with Crippen LogP contribution in [-0.4, -0.2) is 43.7 Å². The molecule has 1 fully saturated rings. The highest BCUT2D eigenvalue weighted by Crippen LogP contribution is 2.29. The van der Waals surface area contributed by atoms with E-state index in [1.54, 1.807) is 23.3 Å². The predicted molar refractivity (Wildman–Crippen MR) is 103 cm³/mol. The van der Waals surface area contributed by atoms with E-state index >= 15 is 0 Å². The molecule has 5 nitrogen and oxygen atoms in total. The summed E-state index contributed by atoms with van der Waals surface area (Å²) < 4.78 is 40.1. The molecule has 3 rings (SSSR count). The minimum absolute atomic E-state index is 0.0464. The third-order valence-electron chi connectivity index (χ3n) is 5.07. The van der Waals surface area contributed by atoms with Crippen LogP contribution in [0.25, 0.3) is 0 Å². The molecule has 1 aliphatic rings. The summed E-state index contributed by atoms with van der Waals surface area (Å²) in [6.07, 6.45) is 1.29. The molecule has 0 N–H and O–H groups in total. The molecule has 8 heteroatoms. The summed E-state index contributed by atoms with van der Waals surface area (Å²) >= 11 is 1.60. The lowest BCUT2D eigenvalue weighted by Crippen LogP contribution is -2.46. The first-order valence-corrected chi connectivity index (χ1v) is 11.2. The molecule has 0 saturated carbocycles. The van der Waals surface area contributed by atoms with E-state index < -0.39 is 15.8 Å². The van der Waals surface area contributed by atoms with Gasteiger partial charge in [-0.15, -0.1) is 11.3 Å². The second-order valence-electron chi connectivity index (χ2n) is 6.80. The molecule has 0 spiro atoms. The second kappa shape index (κ2) is 8.08. The SMILES string of the molecule is CC(c1cccs1)N(C)C(=O)C1CCCN(S(=O)(=O)c2ccc(F)cc2)C1. The van der Waals surface area contributed by atoms with Crippen molar-refractivity contribution in [2.45, 2.75) is 30.7 Å². The fraction of sp³-hybridized carbons (Fsp3) is 0.421. The van der Waals surface area contributed by atoms with Crippen LogP contribution in [0, 0.1) is 11.7 Å². The number of thiophene rings is 1. The molecule has 1 aliphatic heterocycles. The van der Waals surface area contributed by atoms with Crippen LogP contribution >= 0.6 is 11.3 Å². The summed E-state index contributed by atoms with van der Waals surface area (Å²) in [5.41, 5.74) is 0. The molecule has 1 aromatic heterocycles. The maximum absolute atomic E-state index is 13.1. The standard InChI is InChI=1S/C19H23FN2O3S2/c1-14(18-6-4-12-26-18)21(2)19(23)15-5-3-11-22(13-15)27(24,25)17-9-7-16(20)8-10-17/h4,6-10,12,14-15H,3,5,11,13H2,1-2H3. The van der Waals surface area contributed by atoms with Gasteiger partial charge < -0.3 is 4.90 Å². The van der Waals surface area contributed by atoms with E-state index in [-0.39, 0.29) is 29.3 Å². The first kappa shape index (κ1) is 20.0. The maximum atomic E-state index is 13.1. The number of carbonyl (C=O) groups is 1. The van der Waals surface area contributed by atoms with E-state index in [4.69, 9.17) is 0 Å². The van der Waals surface area contributed by atoms with E-state index in [0.29, 0.717) is 19.4 Å². The van der Waals surface area contributed by atoms with Crippen molar-refractivity contribution in [2.24, 2.45) is 5.92 Å². The molecule has 2 atom stereocenters. The third kappa shape index (κ3) is 4.23. The second-order valence-corrected chi connectivity index (χ2v) is 9.71. The zero-order valence-electron chi connectivity index (χ0n) is 15.3. The quantitative estimate of drug-likeness (QED) is 0.758. The zero-order chi connectivity index (χ0) is 19.6. The molecule has 1 aromatic carbocycles. The van der Waals surface area contributed by atoms with Gasteiger partial charge in [0.2, 0.25) is 15.9 Å². The van der Waals surface area contributed by atoms with Gasteiger partial charge in [-0.1, -0.05) is 6.07 Å². The lowest BCUT2D eigenvalue weighted by molar-refractivity contribution is -0.137. The normalized spacial score (nSPS) is 19.6. The van der Waals surface area contributed by atoms with E-state index in [0.717, 1.165) is 17.0 Å². The zero-order valence-corrected chi connectivity index (χ0v) is 17.0. The Labute approximate surface area is 163 Å². The van der Waals surface area contributed by atoms with Crippen LogP contribution in [0.3, 0.4) is 0 Å². The number of hydrogen-bond donors (Lipinski definition) is 0. The van der Waals surface area contributed by atoms with Crippen molar-refractivity contribution in [2.75, 3.05) is 20.1 Å². The Morgan fingerprint density at radius 3 is 2.63 bits per heavy atom. The number of carbonyl (C=O) groups excluding carboxylic acids is 1. The first-order chi connectivity index (χ1) is 12.8. The summed E-state index contributed by atoms with van der Waals surface area (Å²) in [6, 6.07) is 8.69. The average Bonchev–Trinajstić information content (AvgIpc) is 3.21. The van der Waals surface area contributed by atoms with Crippen LogP contribution in [0.4, 0.5) is 4.39 Å². The Morgan fingerprint density at radius 1 is 1.30 bits per heavy atom. The summed E-state index contributed by atoms with van der Waals surface area (Å²) in [7, 11) is -1.97. The summed E-state index contributed by atoms with van der Waals surface area (Å²) in [5.74, 6) is -0.902. The van der Waals surface area contributed by atoms with Gasteiger partial charge in [0.25, 0.3) is 0 Å². The van der Waals surface area contributed by atoms with Gasteiger partial charge in [-0.25, -0.2) is 12.8 Å². The van der Waals surface area contributed by atoms with Crippen molar-refractivity contribution in [1.29, 1.82) is 0 Å². The fourth-order valence-electron chi connectivity index (χ4n) is 3.32. The van der Waals surface area contributed by atoms with Gasteiger partial charge in [0.05, 0.1) is 16.9 Å². The molecule has 2 heterocycles. The van der Waals surface area contributed by atoms with E-state index in [1.165, 1.54) is 16.4 Å². The predicted octanol–water partition coefficient (Wildman–Crippen LogP) is 3.51. The molecule has 2 unspecified atom stereocenters. The first-order valence-electron chi connectivity index (χ1n) is 8.86. The van der Waals surface area contributed by atoms with Gasteiger partial charge in [-0.2, -0.15) is 4.31 Å². The summed E-state index contributed by atoms with van der Waals surface area (Å²) in [5, 5.41) is 1.97. The topological polar surface area (TPSA) is 57.7 Å². The third-order valence-corrected chi connectivity index (χ3v) is 7.99. The highest BCUT2D eigenvalue weighted by Gasteiger charge is 2.35. The number of benzene rings is 1. The van der Waals surface area contributed by atoms with Crippen molar-refractivity contribution in [1.82, 2.24) is 9.21 Å². The molecular weight excluding hydrogens is 387 g/mol. The highest BCUT2D eigenvalue weighted by atomic mass is 32.2. The van der Waals surface area contributed by atoms with Gasteiger partial charge in [-0.05, 0) is 55.5 Å². The van der Waals surface area contributed by atoms with Crippen LogP contribution in [0.1, 0.15) is 30.7 Å². The minimum Gasteiger partial charge on any atom is -0.338 e. The Bertz CT molecular complexity index is 882. The molecule has 1 amide bonds. The fourth-order valence-corrected chi connectivity index (χ4v) is 5.67. The molecule has 1 saturated heterocycles. The monoisotopic (exact) mass is 410 g/mol. The lowest BCUT2D eigenvalue weighted by atomic mass is 9.97. The lowest BCUT2D eigenvalue weighted by Gasteiger charge is -2.34. The number of rotatable bonds is 5. The molecular formula is C19H23FN2O3S2. The number of nitrogens with zero attached hydrogens (tertiary/aromatic N) is 2. The van der Waals surface area contributed by atoms with Crippen LogP contribution < -0.4 is 0 Å². The smallest absolute Gasteiger partial charge is 0.243 e. The molecule has 0 radical (unpaired) electrons. The van der Waals surface area contributed by atoms with Gasteiger partial charge in [0.1, 0.15) is 5.82 Å². The Balaban J connectivity index is 1.73. The van der Waals surface area contributed by atoms with E-state index in [1.807, 2.05) is 24.4 Å². The van der Waals surface area contributed by atoms with Crippen LogP contribution in [-0.2, 0) is 14.8 Å². The number of halogens is 1. The summed E-state index contributed by atoms with van der Waals surface area (Å²) in [6.45, 7) is 2.49. The highest BCUT2D eigenvalue weighted by molar-refractivity contribution is 7.89. The number of sulfonamides is 1. The van der Waals surface area contributed by atoms with E-state index in [2.05, 4.69) is 0 Å². The van der Waals surface area contributed by atoms with E-state index in [9.17, 15) is 17.6 Å². The Hall–Kier alpha value is -1.77. The number of hydrogen-bond acceptors (Lipinski definition) is 4. The minimum atomic E-state index is -3.74. The molecule has 27 heavy (non-hydrogen) atoms. The Morgan fingerprint density at radius 2 is 2.00 bits per heavy atom. The van der Waals surface area contributed by atoms with Crippen LogP contribution in [0.15, 0.2) is 46.7 Å². The summed E-state index contributed by atoms with van der Waals surface area (Å²) in [4.78, 5) is 15.8. The van der Waals surface area contributed by atoms with Crippen molar-refractivity contribution in [3.63, 3.8) is 0 Å². The van der Waals surface area contributed by atoms with Crippen LogP contribution in [0.5, 0.6) is 0 Å². The van der Waals surface area contributed by atoms with Gasteiger partial charge >= 0.3 is 0 Å². The van der Waals surface area contributed by atoms with Crippen molar-refractivity contribution in [3.05, 3.63) is 52.5 Å². The van der Waals surface area contributed by atoms with Gasteiger partial charge in [0, 0.05) is 25.0 Å². The van der Waals surface area contributed by atoms with Crippen LogP contribution in [0.2, 0.25) is 0 Å². The molecule has 0 aliphatic carbocycles. The van der Waals surface area contributed by atoms with Gasteiger partial charge in [0.15, 0.2) is 0 Å². The maximum Gasteiger partial charge on any atom is 0.243 e.